The summed E-state index contributed by atoms with van der Waals surface area (Å²) in [6.07, 6.45) is 0.362. The number of aliphatic hydroxyl groups excluding tert-OH is 1. The van der Waals surface area contributed by atoms with Crippen molar-refractivity contribution < 1.29 is 10.2 Å². The molecular formula is C22H22ClNO2S. The highest BCUT2D eigenvalue weighted by Crippen LogP contribution is 2.33. The van der Waals surface area contributed by atoms with Crippen molar-refractivity contribution in [2.24, 2.45) is 0 Å². The average Bonchev–Trinajstić information content (AvgIpc) is 2.67. The molecule has 27 heavy (non-hydrogen) atoms. The van der Waals surface area contributed by atoms with Gasteiger partial charge in [0.15, 0.2) is 0 Å². The van der Waals surface area contributed by atoms with Gasteiger partial charge in [-0.05, 0) is 54.8 Å². The van der Waals surface area contributed by atoms with Crippen molar-refractivity contribution in [2.75, 3.05) is 11.9 Å². The summed E-state index contributed by atoms with van der Waals surface area (Å²) in [7, 11) is 0. The Bertz CT molecular complexity index is 913. The Morgan fingerprint density at radius 2 is 1.74 bits per heavy atom. The zero-order valence-corrected chi connectivity index (χ0v) is 16.6. The van der Waals surface area contributed by atoms with Crippen LogP contribution in [0.1, 0.15) is 16.7 Å². The van der Waals surface area contributed by atoms with Crippen molar-refractivity contribution in [3.63, 3.8) is 0 Å². The van der Waals surface area contributed by atoms with Crippen LogP contribution in [0.4, 0.5) is 5.69 Å². The molecular weight excluding hydrogens is 378 g/mol. The molecule has 0 heterocycles. The number of phenolic OH excluding ortho intramolecular Hbond substituents is 1. The van der Waals surface area contributed by atoms with Crippen molar-refractivity contribution in [3.8, 4) is 5.75 Å². The summed E-state index contributed by atoms with van der Waals surface area (Å²) in [5, 5.41) is 22.8. The van der Waals surface area contributed by atoms with Crippen LogP contribution in [0, 0.1) is 6.92 Å². The molecule has 0 atom stereocenters. The Kier molecular flexibility index (Phi) is 6.67. The van der Waals surface area contributed by atoms with Crippen LogP contribution in [-0.2, 0) is 13.0 Å². The van der Waals surface area contributed by atoms with E-state index in [0.29, 0.717) is 18.5 Å². The van der Waals surface area contributed by atoms with Gasteiger partial charge >= 0.3 is 0 Å². The molecule has 3 aromatic rings. The largest absolute Gasteiger partial charge is 0.506 e. The summed E-state index contributed by atoms with van der Waals surface area (Å²) in [4.78, 5) is 2.39. The number of aryl methyl sites for hydroxylation is 1. The molecule has 0 amide bonds. The molecule has 0 spiro atoms. The van der Waals surface area contributed by atoms with Gasteiger partial charge in [0.2, 0.25) is 0 Å². The second-order valence-corrected chi connectivity index (χ2v) is 7.84. The van der Waals surface area contributed by atoms with Crippen LogP contribution in [0.2, 0.25) is 5.02 Å². The first-order valence-corrected chi connectivity index (χ1v) is 9.95. The SMILES string of the molecule is Cc1ccc(Sc2ccccc2CNc2cc(Cl)c(O)c(CCO)c2)cc1. The van der Waals surface area contributed by atoms with E-state index >= 15 is 0 Å². The van der Waals surface area contributed by atoms with Crippen LogP contribution in [0.3, 0.4) is 0 Å². The first-order valence-electron chi connectivity index (χ1n) is 8.75. The number of rotatable bonds is 7. The Morgan fingerprint density at radius 1 is 1.00 bits per heavy atom. The van der Waals surface area contributed by atoms with Gasteiger partial charge in [0.05, 0.1) is 5.02 Å². The second-order valence-electron chi connectivity index (χ2n) is 6.32. The minimum Gasteiger partial charge on any atom is -0.506 e. The topological polar surface area (TPSA) is 52.5 Å². The number of anilines is 1. The van der Waals surface area contributed by atoms with Crippen LogP contribution in [0.25, 0.3) is 0 Å². The van der Waals surface area contributed by atoms with Crippen molar-refractivity contribution in [3.05, 3.63) is 82.4 Å². The Morgan fingerprint density at radius 3 is 2.48 bits per heavy atom. The van der Waals surface area contributed by atoms with E-state index in [1.165, 1.54) is 20.9 Å². The lowest BCUT2D eigenvalue weighted by Gasteiger charge is -2.13. The lowest BCUT2D eigenvalue weighted by molar-refractivity contribution is 0.297. The number of nitrogens with one attached hydrogen (secondary N) is 1. The molecule has 0 aliphatic rings. The summed E-state index contributed by atoms with van der Waals surface area (Å²) in [6, 6.07) is 20.3. The molecule has 0 aliphatic heterocycles. The van der Waals surface area contributed by atoms with Gasteiger partial charge in [-0.2, -0.15) is 0 Å². The lowest BCUT2D eigenvalue weighted by atomic mass is 10.1. The standard InChI is InChI=1S/C22H22ClNO2S/c1-15-6-8-19(9-7-15)27-21-5-3-2-4-17(21)14-24-18-12-16(10-11-25)22(26)20(23)13-18/h2-9,12-13,24-26H,10-11,14H2,1H3. The number of halogens is 1. The van der Waals surface area contributed by atoms with E-state index in [1.807, 2.05) is 18.2 Å². The molecule has 3 aromatic carbocycles. The van der Waals surface area contributed by atoms with E-state index in [1.54, 1.807) is 17.8 Å². The minimum atomic E-state index is -0.0383. The molecule has 0 fully saturated rings. The number of hydrogen-bond donors (Lipinski definition) is 3. The number of phenols is 1. The van der Waals surface area contributed by atoms with Gasteiger partial charge in [-0.25, -0.2) is 0 Å². The Balaban J connectivity index is 1.76. The predicted molar refractivity (Wildman–Crippen MR) is 113 cm³/mol. The molecule has 0 aromatic heterocycles. The molecule has 140 valence electrons. The number of hydrogen-bond acceptors (Lipinski definition) is 4. The van der Waals surface area contributed by atoms with Crippen molar-refractivity contribution in [1.29, 1.82) is 0 Å². The monoisotopic (exact) mass is 399 g/mol. The molecule has 3 N–H and O–H groups in total. The van der Waals surface area contributed by atoms with Crippen molar-refractivity contribution >= 4 is 29.1 Å². The molecule has 3 nitrogen and oxygen atoms in total. The van der Waals surface area contributed by atoms with E-state index in [0.717, 1.165) is 5.69 Å². The van der Waals surface area contributed by atoms with Crippen molar-refractivity contribution in [2.45, 2.75) is 29.7 Å². The first kappa shape index (κ1) is 19.6. The third-order valence-corrected chi connectivity index (χ3v) is 5.64. The summed E-state index contributed by atoms with van der Waals surface area (Å²) in [5.74, 6) is 0.0339. The first-order chi connectivity index (χ1) is 13.1. The normalized spacial score (nSPS) is 10.8. The van der Waals surface area contributed by atoms with Crippen LogP contribution >= 0.6 is 23.4 Å². The predicted octanol–water partition coefficient (Wildman–Crippen LogP) is 5.65. The fourth-order valence-electron chi connectivity index (χ4n) is 2.75. The molecule has 0 unspecified atom stereocenters. The lowest BCUT2D eigenvalue weighted by Crippen LogP contribution is -2.02. The van der Waals surface area contributed by atoms with Crippen LogP contribution < -0.4 is 5.32 Å². The molecule has 0 aliphatic carbocycles. The maximum atomic E-state index is 9.99. The van der Waals surface area contributed by atoms with E-state index in [9.17, 15) is 5.11 Å². The van der Waals surface area contributed by atoms with E-state index in [2.05, 4.69) is 48.6 Å². The highest BCUT2D eigenvalue weighted by Gasteiger charge is 2.09. The third kappa shape index (κ3) is 5.19. The molecule has 3 rings (SSSR count). The Hall–Kier alpha value is -2.14. The fourth-order valence-corrected chi connectivity index (χ4v) is 3.93. The zero-order valence-electron chi connectivity index (χ0n) is 15.1. The van der Waals surface area contributed by atoms with Gasteiger partial charge in [0.25, 0.3) is 0 Å². The molecule has 5 heteroatoms. The van der Waals surface area contributed by atoms with Gasteiger partial charge in [0.1, 0.15) is 5.75 Å². The van der Waals surface area contributed by atoms with Gasteiger partial charge in [0, 0.05) is 28.6 Å². The number of aromatic hydroxyl groups is 1. The highest BCUT2D eigenvalue weighted by atomic mass is 35.5. The van der Waals surface area contributed by atoms with Gasteiger partial charge in [-0.15, -0.1) is 0 Å². The van der Waals surface area contributed by atoms with Crippen LogP contribution in [-0.4, -0.2) is 16.8 Å². The fraction of sp³-hybridized carbons (Fsp3) is 0.182. The number of aliphatic hydroxyl groups is 1. The van der Waals surface area contributed by atoms with Crippen molar-refractivity contribution in [1.82, 2.24) is 0 Å². The molecule has 0 saturated heterocycles. The third-order valence-electron chi connectivity index (χ3n) is 4.23. The maximum absolute atomic E-state index is 9.99. The molecule has 0 bridgehead atoms. The van der Waals surface area contributed by atoms with Crippen LogP contribution in [0.5, 0.6) is 5.75 Å². The van der Waals surface area contributed by atoms with Gasteiger partial charge in [-0.3, -0.25) is 0 Å². The average molecular weight is 400 g/mol. The Labute approximate surface area is 169 Å². The summed E-state index contributed by atoms with van der Waals surface area (Å²) in [5.41, 5.74) is 3.87. The smallest absolute Gasteiger partial charge is 0.137 e. The van der Waals surface area contributed by atoms with Gasteiger partial charge < -0.3 is 15.5 Å². The van der Waals surface area contributed by atoms with E-state index < -0.39 is 0 Å². The van der Waals surface area contributed by atoms with Crippen LogP contribution in [0.15, 0.2) is 70.5 Å². The van der Waals surface area contributed by atoms with E-state index in [-0.39, 0.29) is 17.4 Å². The minimum absolute atomic E-state index is 0.0339. The zero-order chi connectivity index (χ0) is 19.2. The highest BCUT2D eigenvalue weighted by molar-refractivity contribution is 7.99. The summed E-state index contributed by atoms with van der Waals surface area (Å²) < 4.78 is 0. The second kappa shape index (κ2) is 9.18. The molecule has 0 saturated carbocycles. The quantitative estimate of drug-likeness (QED) is 0.449. The maximum Gasteiger partial charge on any atom is 0.137 e. The van der Waals surface area contributed by atoms with E-state index in [4.69, 9.17) is 16.7 Å². The van der Waals surface area contributed by atoms with Gasteiger partial charge in [-0.1, -0.05) is 59.3 Å². The number of benzene rings is 3. The summed E-state index contributed by atoms with van der Waals surface area (Å²) in [6.45, 7) is 2.68. The summed E-state index contributed by atoms with van der Waals surface area (Å²) >= 11 is 7.85. The molecule has 0 radical (unpaired) electrons.